The van der Waals surface area contributed by atoms with Gasteiger partial charge in [0.1, 0.15) is 5.56 Å². The Hall–Kier alpha value is -1.62. The Balaban J connectivity index is 1.95. The van der Waals surface area contributed by atoms with Crippen LogP contribution in [0.5, 0.6) is 0 Å². The summed E-state index contributed by atoms with van der Waals surface area (Å²) in [6.45, 7) is 5.21. The van der Waals surface area contributed by atoms with E-state index in [1.165, 1.54) is 19.0 Å². The zero-order valence-electron chi connectivity index (χ0n) is 10.6. The highest BCUT2D eigenvalue weighted by Crippen LogP contribution is 2.15. The zero-order valence-corrected chi connectivity index (χ0v) is 10.6. The number of aromatic nitrogens is 1. The van der Waals surface area contributed by atoms with Crippen molar-refractivity contribution in [3.63, 3.8) is 0 Å². The third-order valence-electron chi connectivity index (χ3n) is 3.40. The smallest absolute Gasteiger partial charge is 0.339 e. The first kappa shape index (κ1) is 12.8. The Morgan fingerprint density at radius 3 is 2.94 bits per heavy atom. The quantitative estimate of drug-likeness (QED) is 0.831. The molecule has 18 heavy (non-hydrogen) atoms. The Kier molecular flexibility index (Phi) is 4.15. The van der Waals surface area contributed by atoms with E-state index >= 15 is 0 Å². The number of nitrogens with one attached hydrogen (secondary N) is 1. The third-order valence-corrected chi connectivity index (χ3v) is 3.40. The van der Waals surface area contributed by atoms with Crippen LogP contribution in [0.15, 0.2) is 18.5 Å². The summed E-state index contributed by atoms with van der Waals surface area (Å²) in [7, 11) is 0. The maximum atomic E-state index is 11.0. The first-order valence-corrected chi connectivity index (χ1v) is 6.33. The van der Waals surface area contributed by atoms with E-state index in [0.29, 0.717) is 11.7 Å². The van der Waals surface area contributed by atoms with Gasteiger partial charge in [0.2, 0.25) is 0 Å². The summed E-state index contributed by atoms with van der Waals surface area (Å²) in [4.78, 5) is 17.3. The lowest BCUT2D eigenvalue weighted by atomic mass is 10.2. The van der Waals surface area contributed by atoms with E-state index < -0.39 is 5.97 Å². The summed E-state index contributed by atoms with van der Waals surface area (Å²) in [5.41, 5.74) is 0.870. The molecule has 98 valence electrons. The van der Waals surface area contributed by atoms with Gasteiger partial charge >= 0.3 is 5.97 Å². The minimum Gasteiger partial charge on any atom is -0.478 e. The fourth-order valence-corrected chi connectivity index (χ4v) is 2.29. The molecule has 1 saturated heterocycles. The molecule has 0 spiro atoms. The molecule has 0 bridgehead atoms. The number of carbonyl (C=O) groups is 1. The van der Waals surface area contributed by atoms with E-state index in [4.69, 9.17) is 5.11 Å². The fraction of sp³-hybridized carbons (Fsp3) is 0.538. The summed E-state index contributed by atoms with van der Waals surface area (Å²) < 4.78 is 0. The van der Waals surface area contributed by atoms with Crippen molar-refractivity contribution in [2.45, 2.75) is 25.8 Å². The van der Waals surface area contributed by atoms with Crippen LogP contribution in [0.3, 0.4) is 0 Å². The molecule has 0 aromatic carbocycles. The predicted molar refractivity (Wildman–Crippen MR) is 70.0 cm³/mol. The first-order chi connectivity index (χ1) is 8.68. The van der Waals surface area contributed by atoms with Crippen LogP contribution in [-0.4, -0.2) is 46.6 Å². The number of carboxylic acid groups (broad SMARTS) is 1. The number of nitrogens with zero attached hydrogens (tertiary/aromatic N) is 2. The Bertz CT molecular complexity index is 416. The highest BCUT2D eigenvalue weighted by atomic mass is 16.4. The molecular weight excluding hydrogens is 230 g/mol. The molecule has 0 amide bonds. The lowest BCUT2D eigenvalue weighted by molar-refractivity contribution is 0.0697. The molecule has 1 atom stereocenters. The number of rotatable bonds is 5. The number of anilines is 1. The zero-order chi connectivity index (χ0) is 13.0. The normalized spacial score (nSPS) is 17.6. The van der Waals surface area contributed by atoms with Gasteiger partial charge < -0.3 is 10.4 Å². The highest BCUT2D eigenvalue weighted by Gasteiger charge is 2.18. The van der Waals surface area contributed by atoms with Gasteiger partial charge in [-0.2, -0.15) is 0 Å². The maximum absolute atomic E-state index is 11.0. The molecular formula is C13H19N3O2. The molecule has 1 unspecified atom stereocenters. The minimum atomic E-state index is -0.945. The molecule has 0 radical (unpaired) electrons. The molecule has 0 saturated carbocycles. The second kappa shape index (κ2) is 5.82. The number of hydrogen-bond donors (Lipinski definition) is 2. The van der Waals surface area contributed by atoms with Crippen LogP contribution >= 0.6 is 0 Å². The summed E-state index contributed by atoms with van der Waals surface area (Å²) >= 11 is 0. The summed E-state index contributed by atoms with van der Waals surface area (Å²) in [6.07, 6.45) is 5.51. The van der Waals surface area contributed by atoms with Crippen LogP contribution in [0, 0.1) is 0 Å². The van der Waals surface area contributed by atoms with Gasteiger partial charge in [0, 0.05) is 25.0 Å². The van der Waals surface area contributed by atoms with Gasteiger partial charge in [-0.05, 0) is 38.9 Å². The van der Waals surface area contributed by atoms with Crippen LogP contribution in [0.25, 0.3) is 0 Å². The number of carboxylic acids is 1. The molecule has 1 aliphatic heterocycles. The third kappa shape index (κ3) is 2.98. The van der Waals surface area contributed by atoms with Gasteiger partial charge in [-0.25, -0.2) is 4.79 Å². The van der Waals surface area contributed by atoms with Crippen molar-refractivity contribution < 1.29 is 9.90 Å². The maximum Gasteiger partial charge on any atom is 0.339 e. The minimum absolute atomic E-state index is 0.228. The molecule has 5 heteroatoms. The molecule has 2 N–H and O–H groups in total. The molecule has 2 heterocycles. The van der Waals surface area contributed by atoms with Gasteiger partial charge in [0.05, 0.1) is 5.69 Å². The predicted octanol–water partition coefficient (Wildman–Crippen LogP) is 1.68. The van der Waals surface area contributed by atoms with Crippen LogP contribution in [0.2, 0.25) is 0 Å². The van der Waals surface area contributed by atoms with Crippen LogP contribution in [0.4, 0.5) is 5.69 Å². The van der Waals surface area contributed by atoms with Crippen molar-refractivity contribution in [1.29, 1.82) is 0 Å². The van der Waals surface area contributed by atoms with Gasteiger partial charge in [0.25, 0.3) is 0 Å². The van der Waals surface area contributed by atoms with Crippen molar-refractivity contribution >= 4 is 11.7 Å². The average Bonchev–Trinajstić information content (AvgIpc) is 2.90. The second-order valence-electron chi connectivity index (χ2n) is 4.70. The fourth-order valence-electron chi connectivity index (χ4n) is 2.29. The monoisotopic (exact) mass is 249 g/mol. The molecule has 2 rings (SSSR count). The number of hydrogen-bond acceptors (Lipinski definition) is 4. The molecule has 1 fully saturated rings. The lowest BCUT2D eigenvalue weighted by Crippen LogP contribution is -2.35. The second-order valence-corrected chi connectivity index (χ2v) is 4.70. The number of likely N-dealkylation sites (tertiary alicyclic amines) is 1. The summed E-state index contributed by atoms with van der Waals surface area (Å²) in [5.74, 6) is -0.945. The average molecular weight is 249 g/mol. The molecule has 1 aliphatic rings. The van der Waals surface area contributed by atoms with Crippen molar-refractivity contribution in [2.24, 2.45) is 0 Å². The van der Waals surface area contributed by atoms with E-state index in [2.05, 4.69) is 22.1 Å². The van der Waals surface area contributed by atoms with E-state index in [-0.39, 0.29) is 5.56 Å². The van der Waals surface area contributed by atoms with Gasteiger partial charge in [-0.1, -0.05) is 0 Å². The van der Waals surface area contributed by atoms with E-state index in [1.807, 2.05) is 0 Å². The van der Waals surface area contributed by atoms with E-state index in [9.17, 15) is 4.79 Å². The Labute approximate surface area is 107 Å². The van der Waals surface area contributed by atoms with Gasteiger partial charge in [-0.15, -0.1) is 0 Å². The Morgan fingerprint density at radius 2 is 2.28 bits per heavy atom. The molecule has 1 aromatic heterocycles. The molecule has 1 aromatic rings. The van der Waals surface area contributed by atoms with Crippen molar-refractivity contribution in [3.05, 3.63) is 24.0 Å². The highest BCUT2D eigenvalue weighted by molar-refractivity contribution is 5.93. The summed E-state index contributed by atoms with van der Waals surface area (Å²) in [5, 5.41) is 12.3. The van der Waals surface area contributed by atoms with E-state index in [1.54, 1.807) is 12.3 Å². The van der Waals surface area contributed by atoms with Crippen molar-refractivity contribution in [3.8, 4) is 0 Å². The Morgan fingerprint density at radius 1 is 1.56 bits per heavy atom. The van der Waals surface area contributed by atoms with Gasteiger partial charge in [0.15, 0.2) is 0 Å². The standard InChI is InChI=1S/C13H19N3O2/c1-10(16-6-2-3-7-16)8-15-12-4-5-14-9-11(12)13(17)18/h4-5,9-10H,2-3,6-8H2,1H3,(H,14,15)(H,17,18). The number of pyridine rings is 1. The van der Waals surface area contributed by atoms with E-state index in [0.717, 1.165) is 19.6 Å². The lowest BCUT2D eigenvalue weighted by Gasteiger charge is -2.24. The topological polar surface area (TPSA) is 65.5 Å². The van der Waals surface area contributed by atoms with Crippen LogP contribution in [-0.2, 0) is 0 Å². The molecule has 5 nitrogen and oxygen atoms in total. The van der Waals surface area contributed by atoms with Crippen LogP contribution in [0.1, 0.15) is 30.1 Å². The van der Waals surface area contributed by atoms with Gasteiger partial charge in [-0.3, -0.25) is 9.88 Å². The SMILES string of the molecule is CC(CNc1ccncc1C(=O)O)N1CCCC1. The largest absolute Gasteiger partial charge is 0.478 e. The molecule has 0 aliphatic carbocycles. The van der Waals surface area contributed by atoms with Crippen LogP contribution < -0.4 is 5.32 Å². The van der Waals surface area contributed by atoms with Crippen molar-refractivity contribution in [2.75, 3.05) is 25.0 Å². The van der Waals surface area contributed by atoms with Crippen molar-refractivity contribution in [1.82, 2.24) is 9.88 Å². The number of aromatic carboxylic acids is 1. The summed E-state index contributed by atoms with van der Waals surface area (Å²) in [6, 6.07) is 2.13. The first-order valence-electron chi connectivity index (χ1n) is 6.33.